The van der Waals surface area contributed by atoms with Crippen LogP contribution >= 0.6 is 0 Å². The fourth-order valence-electron chi connectivity index (χ4n) is 1.37. The van der Waals surface area contributed by atoms with Crippen molar-refractivity contribution < 1.29 is 4.79 Å². The van der Waals surface area contributed by atoms with Crippen molar-refractivity contribution in [2.75, 3.05) is 0 Å². The molecular formula is C11H9N3O. The topological polar surface area (TPSA) is 68.9 Å². The zero-order valence-electron chi connectivity index (χ0n) is 7.92. The van der Waals surface area contributed by atoms with Gasteiger partial charge in [-0.05, 0) is 23.8 Å². The van der Waals surface area contributed by atoms with Crippen LogP contribution in [0.25, 0.3) is 11.1 Å². The minimum absolute atomic E-state index is 0.281. The molecule has 0 spiro atoms. The van der Waals surface area contributed by atoms with E-state index >= 15 is 0 Å². The molecule has 2 aromatic rings. The molecular weight excluding hydrogens is 190 g/mol. The third kappa shape index (κ3) is 1.83. The third-order valence-electron chi connectivity index (χ3n) is 2.03. The lowest BCUT2D eigenvalue weighted by Crippen LogP contribution is -2.14. The average molecular weight is 199 g/mol. The molecule has 2 N–H and O–H groups in total. The van der Waals surface area contributed by atoms with Crippen molar-refractivity contribution in [3.05, 3.63) is 48.5 Å². The van der Waals surface area contributed by atoms with Gasteiger partial charge in [0, 0.05) is 24.2 Å². The van der Waals surface area contributed by atoms with Crippen molar-refractivity contribution in [2.24, 2.45) is 5.73 Å². The third-order valence-corrected chi connectivity index (χ3v) is 2.03. The van der Waals surface area contributed by atoms with Crippen LogP contribution in [0.1, 0.15) is 10.5 Å². The normalized spacial score (nSPS) is 9.87. The fraction of sp³-hybridized carbons (Fsp3) is 0. The summed E-state index contributed by atoms with van der Waals surface area (Å²) in [6, 6.07) is 7.19. The van der Waals surface area contributed by atoms with E-state index in [1.54, 1.807) is 24.7 Å². The van der Waals surface area contributed by atoms with Crippen LogP contribution < -0.4 is 5.73 Å². The van der Waals surface area contributed by atoms with Gasteiger partial charge in [0.15, 0.2) is 0 Å². The van der Waals surface area contributed by atoms with Gasteiger partial charge in [0.25, 0.3) is 5.91 Å². The van der Waals surface area contributed by atoms with Gasteiger partial charge >= 0.3 is 0 Å². The first-order chi connectivity index (χ1) is 7.29. The predicted molar refractivity (Wildman–Crippen MR) is 56.0 cm³/mol. The smallest absolute Gasteiger partial charge is 0.267 e. The van der Waals surface area contributed by atoms with Crippen LogP contribution in [0.15, 0.2) is 42.9 Å². The summed E-state index contributed by atoms with van der Waals surface area (Å²) in [7, 11) is 0. The van der Waals surface area contributed by atoms with Crippen molar-refractivity contribution in [3.8, 4) is 11.1 Å². The van der Waals surface area contributed by atoms with E-state index in [1.807, 2.05) is 18.2 Å². The van der Waals surface area contributed by atoms with Crippen molar-refractivity contribution in [1.82, 2.24) is 9.97 Å². The Kier molecular flexibility index (Phi) is 2.41. The van der Waals surface area contributed by atoms with E-state index in [1.165, 1.54) is 0 Å². The second-order valence-electron chi connectivity index (χ2n) is 3.00. The largest absolute Gasteiger partial charge is 0.364 e. The molecule has 2 heterocycles. The molecule has 4 nitrogen and oxygen atoms in total. The van der Waals surface area contributed by atoms with Gasteiger partial charge in [-0.3, -0.25) is 14.8 Å². The minimum atomic E-state index is -0.526. The SMILES string of the molecule is NC(=O)c1ncccc1-c1ccncc1. The number of nitrogens with two attached hydrogens (primary N) is 1. The summed E-state index contributed by atoms with van der Waals surface area (Å²) in [5.41, 5.74) is 7.13. The monoisotopic (exact) mass is 199 g/mol. The molecule has 0 saturated carbocycles. The second-order valence-corrected chi connectivity index (χ2v) is 3.00. The number of carbonyl (C=O) groups is 1. The summed E-state index contributed by atoms with van der Waals surface area (Å²) in [4.78, 5) is 19.0. The van der Waals surface area contributed by atoms with Gasteiger partial charge in [0.05, 0.1) is 0 Å². The quantitative estimate of drug-likeness (QED) is 0.791. The second kappa shape index (κ2) is 3.88. The molecule has 0 atom stereocenters. The summed E-state index contributed by atoms with van der Waals surface area (Å²) in [5, 5.41) is 0. The van der Waals surface area contributed by atoms with Crippen LogP contribution in [-0.4, -0.2) is 15.9 Å². The molecule has 0 saturated heterocycles. The molecule has 2 rings (SSSR count). The number of aromatic nitrogens is 2. The van der Waals surface area contributed by atoms with Gasteiger partial charge in [-0.2, -0.15) is 0 Å². The molecule has 0 aliphatic carbocycles. The summed E-state index contributed by atoms with van der Waals surface area (Å²) in [5.74, 6) is -0.526. The van der Waals surface area contributed by atoms with E-state index in [0.29, 0.717) is 0 Å². The first-order valence-electron chi connectivity index (χ1n) is 4.44. The van der Waals surface area contributed by atoms with Crippen LogP contribution in [0.3, 0.4) is 0 Å². The van der Waals surface area contributed by atoms with Gasteiger partial charge in [-0.1, -0.05) is 6.07 Å². The van der Waals surface area contributed by atoms with Gasteiger partial charge < -0.3 is 5.73 Å². The van der Waals surface area contributed by atoms with Gasteiger partial charge in [-0.15, -0.1) is 0 Å². The molecule has 15 heavy (non-hydrogen) atoms. The van der Waals surface area contributed by atoms with Gasteiger partial charge in [-0.25, -0.2) is 0 Å². The number of carbonyl (C=O) groups excluding carboxylic acids is 1. The summed E-state index contributed by atoms with van der Waals surface area (Å²) < 4.78 is 0. The minimum Gasteiger partial charge on any atom is -0.364 e. The van der Waals surface area contributed by atoms with E-state index in [9.17, 15) is 4.79 Å². The first-order valence-corrected chi connectivity index (χ1v) is 4.44. The lowest BCUT2D eigenvalue weighted by Gasteiger charge is -2.04. The molecule has 0 bridgehead atoms. The Bertz CT molecular complexity index is 482. The zero-order valence-corrected chi connectivity index (χ0v) is 7.92. The highest BCUT2D eigenvalue weighted by Crippen LogP contribution is 2.20. The van der Waals surface area contributed by atoms with E-state index in [4.69, 9.17) is 5.73 Å². The zero-order chi connectivity index (χ0) is 10.7. The maximum Gasteiger partial charge on any atom is 0.267 e. The molecule has 0 fully saturated rings. The molecule has 0 aliphatic rings. The van der Waals surface area contributed by atoms with Crippen molar-refractivity contribution >= 4 is 5.91 Å². The Balaban J connectivity index is 2.58. The highest BCUT2D eigenvalue weighted by Gasteiger charge is 2.09. The maximum absolute atomic E-state index is 11.1. The number of nitrogens with zero attached hydrogens (tertiary/aromatic N) is 2. The van der Waals surface area contributed by atoms with Crippen LogP contribution in [0.5, 0.6) is 0 Å². The molecule has 0 aromatic carbocycles. The Morgan fingerprint density at radius 1 is 1.13 bits per heavy atom. The van der Waals surface area contributed by atoms with Crippen molar-refractivity contribution in [3.63, 3.8) is 0 Å². The molecule has 0 radical (unpaired) electrons. The number of hydrogen-bond acceptors (Lipinski definition) is 3. The summed E-state index contributed by atoms with van der Waals surface area (Å²) in [6.45, 7) is 0. The van der Waals surface area contributed by atoms with Crippen molar-refractivity contribution in [2.45, 2.75) is 0 Å². The van der Waals surface area contributed by atoms with Crippen molar-refractivity contribution in [1.29, 1.82) is 0 Å². The number of hydrogen-bond donors (Lipinski definition) is 1. The van der Waals surface area contributed by atoms with Gasteiger partial charge in [0.2, 0.25) is 0 Å². The highest BCUT2D eigenvalue weighted by molar-refractivity contribution is 5.97. The fourth-order valence-corrected chi connectivity index (χ4v) is 1.37. The molecule has 0 aliphatic heterocycles. The number of pyridine rings is 2. The van der Waals surface area contributed by atoms with E-state index in [-0.39, 0.29) is 5.69 Å². The molecule has 4 heteroatoms. The molecule has 2 aromatic heterocycles. The lowest BCUT2D eigenvalue weighted by molar-refractivity contribution is 0.0996. The number of rotatable bonds is 2. The Morgan fingerprint density at radius 3 is 2.53 bits per heavy atom. The Morgan fingerprint density at radius 2 is 1.87 bits per heavy atom. The van der Waals surface area contributed by atoms with Gasteiger partial charge in [0.1, 0.15) is 5.69 Å². The number of amides is 1. The molecule has 1 amide bonds. The van der Waals surface area contributed by atoms with Crippen LogP contribution in [0.4, 0.5) is 0 Å². The maximum atomic E-state index is 11.1. The number of primary amides is 1. The Hall–Kier alpha value is -2.23. The van der Waals surface area contributed by atoms with E-state index in [2.05, 4.69) is 9.97 Å². The Labute approximate surface area is 86.8 Å². The van der Waals surface area contributed by atoms with E-state index in [0.717, 1.165) is 11.1 Å². The predicted octanol–water partition coefficient (Wildman–Crippen LogP) is 1.24. The van der Waals surface area contributed by atoms with Crippen LogP contribution in [0.2, 0.25) is 0 Å². The molecule has 74 valence electrons. The van der Waals surface area contributed by atoms with E-state index < -0.39 is 5.91 Å². The first kappa shape index (κ1) is 9.33. The average Bonchev–Trinajstić information content (AvgIpc) is 2.30. The van der Waals surface area contributed by atoms with Crippen LogP contribution in [-0.2, 0) is 0 Å². The highest BCUT2D eigenvalue weighted by atomic mass is 16.1. The standard InChI is InChI=1S/C11H9N3O/c12-11(15)10-9(2-1-5-14-10)8-3-6-13-7-4-8/h1-7H,(H2,12,15). The lowest BCUT2D eigenvalue weighted by atomic mass is 10.1. The summed E-state index contributed by atoms with van der Waals surface area (Å²) >= 11 is 0. The summed E-state index contributed by atoms with van der Waals surface area (Å²) in [6.07, 6.45) is 4.87. The van der Waals surface area contributed by atoms with Crippen LogP contribution in [0, 0.1) is 0 Å². The molecule has 0 unspecified atom stereocenters.